The Kier molecular flexibility index (Phi) is 7.89. The molecule has 0 aliphatic heterocycles. The van der Waals surface area contributed by atoms with Crippen LogP contribution in [0.1, 0.15) is 61.8 Å². The number of aryl methyl sites for hydroxylation is 3. The maximum Gasteiger partial charge on any atom is 0.135 e. The lowest BCUT2D eigenvalue weighted by Gasteiger charge is -2.28. The Labute approximate surface area is 231 Å². The summed E-state index contributed by atoms with van der Waals surface area (Å²) in [6, 6.07) is 15.3. The normalized spacial score (nSPS) is 17.9. The highest BCUT2D eigenvalue weighted by Gasteiger charge is 2.23. The van der Waals surface area contributed by atoms with Crippen LogP contribution in [0.5, 0.6) is 5.75 Å². The number of aliphatic imine (C=N–C) groups is 1. The Hall–Kier alpha value is -3.84. The highest BCUT2D eigenvalue weighted by atomic mass is 16.5. The fourth-order valence-corrected chi connectivity index (χ4v) is 5.64. The summed E-state index contributed by atoms with van der Waals surface area (Å²) in [5.74, 6) is 1.32. The molecular weight excluding hydrogens is 484 g/mol. The SMILES string of the molecule is CCc1cccc(CC)c1N=C(N)c1cnn2cc(-c3ccc(OC)cc3C)cc2c1N[C@H]1CC[C@H](N)CC1. The quantitative estimate of drug-likeness (QED) is 0.189. The molecule has 2 heterocycles. The maximum absolute atomic E-state index is 6.79. The molecule has 1 aliphatic carbocycles. The Morgan fingerprint density at radius 1 is 1.08 bits per heavy atom. The van der Waals surface area contributed by atoms with Gasteiger partial charge in [0.15, 0.2) is 0 Å². The number of rotatable bonds is 8. The second-order valence-corrected chi connectivity index (χ2v) is 10.6. The first-order valence-electron chi connectivity index (χ1n) is 14.1. The van der Waals surface area contributed by atoms with Crippen molar-refractivity contribution in [2.75, 3.05) is 12.4 Å². The second-order valence-electron chi connectivity index (χ2n) is 10.6. The minimum Gasteiger partial charge on any atom is -0.497 e. The molecule has 4 aromatic rings. The van der Waals surface area contributed by atoms with Crippen molar-refractivity contribution >= 4 is 22.7 Å². The third kappa shape index (κ3) is 5.50. The molecule has 1 aliphatic rings. The van der Waals surface area contributed by atoms with Gasteiger partial charge in [-0.05, 0) is 85.9 Å². The Morgan fingerprint density at radius 3 is 2.44 bits per heavy atom. The van der Waals surface area contributed by atoms with Crippen molar-refractivity contribution in [1.82, 2.24) is 9.61 Å². The fraction of sp³-hybridized carbons (Fsp3) is 0.375. The van der Waals surface area contributed by atoms with Gasteiger partial charge >= 0.3 is 0 Å². The zero-order valence-corrected chi connectivity index (χ0v) is 23.5. The number of aromatic nitrogens is 2. The Balaban J connectivity index is 1.63. The number of ether oxygens (including phenoxy) is 1. The van der Waals surface area contributed by atoms with Crippen LogP contribution in [0.4, 0.5) is 11.4 Å². The van der Waals surface area contributed by atoms with Crippen molar-refractivity contribution in [1.29, 1.82) is 0 Å². The number of amidine groups is 1. The molecule has 0 bridgehead atoms. The van der Waals surface area contributed by atoms with Crippen molar-refractivity contribution in [3.8, 4) is 16.9 Å². The average molecular weight is 525 g/mol. The van der Waals surface area contributed by atoms with Crippen LogP contribution in [0.2, 0.25) is 0 Å². The molecule has 1 saturated carbocycles. The third-order valence-corrected chi connectivity index (χ3v) is 7.98. The predicted molar refractivity (Wildman–Crippen MR) is 161 cm³/mol. The van der Waals surface area contributed by atoms with E-state index < -0.39 is 0 Å². The van der Waals surface area contributed by atoms with Crippen LogP contribution in [-0.2, 0) is 12.8 Å². The molecule has 0 spiro atoms. The topological polar surface area (TPSA) is 103 Å². The zero-order chi connectivity index (χ0) is 27.5. The summed E-state index contributed by atoms with van der Waals surface area (Å²) in [4.78, 5) is 5.01. The van der Waals surface area contributed by atoms with Gasteiger partial charge in [-0.15, -0.1) is 0 Å². The van der Waals surface area contributed by atoms with Crippen LogP contribution in [0.15, 0.2) is 59.9 Å². The monoisotopic (exact) mass is 524 g/mol. The van der Waals surface area contributed by atoms with Crippen molar-refractivity contribution in [3.63, 3.8) is 0 Å². The molecule has 0 atom stereocenters. The smallest absolute Gasteiger partial charge is 0.135 e. The molecule has 5 rings (SSSR count). The van der Waals surface area contributed by atoms with Crippen LogP contribution >= 0.6 is 0 Å². The lowest BCUT2D eigenvalue weighted by atomic mass is 9.91. The summed E-state index contributed by atoms with van der Waals surface area (Å²) in [5.41, 5.74) is 22.5. The molecule has 0 radical (unpaired) electrons. The number of nitrogens with one attached hydrogen (secondary N) is 1. The van der Waals surface area contributed by atoms with Crippen LogP contribution in [0.25, 0.3) is 16.6 Å². The van der Waals surface area contributed by atoms with Gasteiger partial charge in [0.05, 0.1) is 35.8 Å². The fourth-order valence-electron chi connectivity index (χ4n) is 5.64. The first-order valence-corrected chi connectivity index (χ1v) is 14.1. The molecule has 7 heteroatoms. The standard InChI is InChI=1S/C32H40N6O/c1-5-21-8-7-9-22(6-2)30(21)37-32(34)28-18-35-38-19-23(27-15-14-26(39-4)16-20(27)3)17-29(38)31(28)36-25-12-10-24(33)11-13-25/h7-9,14-19,24-25,36H,5-6,10-13,33H2,1-4H3,(H2,34,37)/t24-,25-. The number of anilines is 1. The minimum atomic E-state index is 0.280. The van der Waals surface area contributed by atoms with Gasteiger partial charge in [-0.2, -0.15) is 5.10 Å². The van der Waals surface area contributed by atoms with E-state index in [2.05, 4.69) is 68.7 Å². The van der Waals surface area contributed by atoms with Crippen LogP contribution in [0.3, 0.4) is 0 Å². The van der Waals surface area contributed by atoms with E-state index in [4.69, 9.17) is 26.3 Å². The lowest BCUT2D eigenvalue weighted by Crippen LogP contribution is -2.33. The van der Waals surface area contributed by atoms with E-state index in [0.29, 0.717) is 11.9 Å². The molecule has 39 heavy (non-hydrogen) atoms. The van der Waals surface area contributed by atoms with Crippen LogP contribution in [0, 0.1) is 6.92 Å². The molecule has 0 amide bonds. The zero-order valence-electron chi connectivity index (χ0n) is 23.5. The lowest BCUT2D eigenvalue weighted by molar-refractivity contribution is 0.411. The minimum absolute atomic E-state index is 0.280. The summed E-state index contributed by atoms with van der Waals surface area (Å²) >= 11 is 0. The van der Waals surface area contributed by atoms with Crippen molar-refractivity contribution in [3.05, 3.63) is 77.1 Å². The van der Waals surface area contributed by atoms with E-state index in [1.54, 1.807) is 7.11 Å². The molecule has 0 saturated heterocycles. The van der Waals surface area contributed by atoms with Gasteiger partial charge in [-0.25, -0.2) is 9.51 Å². The van der Waals surface area contributed by atoms with Crippen molar-refractivity contribution in [2.45, 2.75) is 71.4 Å². The molecular formula is C32H40N6O. The first-order chi connectivity index (χ1) is 18.9. The number of hydrogen-bond donors (Lipinski definition) is 3. The Morgan fingerprint density at radius 2 is 1.79 bits per heavy atom. The summed E-state index contributed by atoms with van der Waals surface area (Å²) in [5, 5.41) is 8.61. The summed E-state index contributed by atoms with van der Waals surface area (Å²) < 4.78 is 7.35. The number of nitrogens with two attached hydrogens (primary N) is 2. The van der Waals surface area contributed by atoms with Gasteiger partial charge in [0, 0.05) is 23.8 Å². The number of hydrogen-bond acceptors (Lipinski definition) is 5. The highest BCUT2D eigenvalue weighted by molar-refractivity contribution is 6.06. The van der Waals surface area contributed by atoms with E-state index >= 15 is 0 Å². The van der Waals surface area contributed by atoms with E-state index in [0.717, 1.165) is 83.4 Å². The number of fused-ring (bicyclic) bond motifs is 1. The molecule has 2 aromatic carbocycles. The van der Waals surface area contributed by atoms with Crippen molar-refractivity contribution < 1.29 is 4.74 Å². The van der Waals surface area contributed by atoms with Crippen LogP contribution < -0.4 is 21.5 Å². The molecule has 5 N–H and O–H groups in total. The third-order valence-electron chi connectivity index (χ3n) is 7.98. The summed E-state index contributed by atoms with van der Waals surface area (Å²) in [6.45, 7) is 6.41. The van der Waals surface area contributed by atoms with Gasteiger partial charge in [0.1, 0.15) is 11.6 Å². The second kappa shape index (κ2) is 11.5. The molecule has 2 aromatic heterocycles. The van der Waals surface area contributed by atoms with Gasteiger partial charge in [-0.3, -0.25) is 0 Å². The van der Waals surface area contributed by atoms with Crippen molar-refractivity contribution in [2.24, 2.45) is 16.5 Å². The maximum atomic E-state index is 6.79. The molecule has 204 valence electrons. The molecule has 1 fully saturated rings. The van der Waals surface area contributed by atoms with Gasteiger partial charge in [0.2, 0.25) is 0 Å². The number of para-hydroxylation sites is 1. The number of methoxy groups -OCH3 is 1. The number of benzene rings is 2. The highest BCUT2D eigenvalue weighted by Crippen LogP contribution is 2.34. The van der Waals surface area contributed by atoms with E-state index in [-0.39, 0.29) is 6.04 Å². The summed E-state index contributed by atoms with van der Waals surface area (Å²) in [7, 11) is 1.69. The average Bonchev–Trinajstić information content (AvgIpc) is 3.38. The Bertz CT molecular complexity index is 1470. The van der Waals surface area contributed by atoms with Gasteiger partial charge < -0.3 is 21.5 Å². The van der Waals surface area contributed by atoms with Gasteiger partial charge in [0.25, 0.3) is 0 Å². The van der Waals surface area contributed by atoms with Crippen LogP contribution in [-0.4, -0.2) is 34.6 Å². The summed E-state index contributed by atoms with van der Waals surface area (Å²) in [6.07, 6.45) is 9.78. The van der Waals surface area contributed by atoms with E-state index in [1.807, 2.05) is 16.8 Å². The number of nitrogens with zero attached hydrogens (tertiary/aromatic N) is 3. The first kappa shape index (κ1) is 26.8. The van der Waals surface area contributed by atoms with E-state index in [1.165, 1.54) is 11.1 Å². The predicted octanol–water partition coefficient (Wildman–Crippen LogP) is 6.16. The van der Waals surface area contributed by atoms with Gasteiger partial charge in [-0.1, -0.05) is 38.1 Å². The molecule has 0 unspecified atom stereocenters. The largest absolute Gasteiger partial charge is 0.497 e. The molecule has 7 nitrogen and oxygen atoms in total. The van der Waals surface area contributed by atoms with E-state index in [9.17, 15) is 0 Å².